The lowest BCUT2D eigenvalue weighted by Gasteiger charge is -2.38. The number of thioether (sulfide) groups is 4. The molecule has 16 rings (SSSR count). The van der Waals surface area contributed by atoms with E-state index in [2.05, 4.69) is 41.9 Å². The minimum absolute atomic E-state index is 0. The number of aromatic nitrogens is 4. The maximum absolute atomic E-state index is 13.6. The lowest BCUT2D eigenvalue weighted by atomic mass is 9.80. The van der Waals surface area contributed by atoms with Crippen LogP contribution in [0.3, 0.4) is 0 Å². The fourth-order valence-electron chi connectivity index (χ4n) is 12.8. The number of aliphatic carboxylic acids is 2. The average Bonchev–Trinajstić information content (AvgIpc) is 0.787. The number of hydrogen-bond acceptors (Lipinski definition) is 16. The van der Waals surface area contributed by atoms with Crippen LogP contribution in [0.4, 0.5) is 17.6 Å². The van der Waals surface area contributed by atoms with Gasteiger partial charge in [-0.25, -0.2) is 17.6 Å². The molecule has 0 aliphatic heterocycles. The number of carbonyl (C=O) groups excluding carboxylic acids is 2. The lowest BCUT2D eigenvalue weighted by Crippen LogP contribution is -2.43. The summed E-state index contributed by atoms with van der Waals surface area (Å²) in [6.45, 7) is 4.52. The van der Waals surface area contributed by atoms with Crippen LogP contribution in [-0.4, -0.2) is 103 Å². The minimum atomic E-state index is -1.59. The number of ether oxygens (including phenoxy) is 2. The van der Waals surface area contributed by atoms with Crippen molar-refractivity contribution in [1.29, 1.82) is 0 Å². The fourth-order valence-corrected chi connectivity index (χ4v) is 18.9. The molecule has 12 aromatic rings. The number of benzene rings is 8. The van der Waals surface area contributed by atoms with Gasteiger partial charge < -0.3 is 29.7 Å². The van der Waals surface area contributed by atoms with E-state index in [1.165, 1.54) is 78.1 Å². The van der Waals surface area contributed by atoms with E-state index in [1.807, 2.05) is 123 Å². The van der Waals surface area contributed by atoms with Crippen molar-refractivity contribution in [2.24, 2.45) is 0 Å². The monoisotopic (exact) mass is 1610 g/mol. The Balaban J connectivity index is 0.000000138. The molecule has 0 radical (unpaired) electrons. The normalized spacial score (nSPS) is 15.1. The molecule has 14 nitrogen and oxygen atoms in total. The molecule has 0 amide bonds. The molecule has 0 unspecified atom stereocenters. The van der Waals surface area contributed by atoms with E-state index in [9.17, 15) is 47.0 Å². The summed E-state index contributed by atoms with van der Waals surface area (Å²) in [5, 5.41) is 40.1. The zero-order chi connectivity index (χ0) is 76.2. The Morgan fingerprint density at radius 1 is 0.394 bits per heavy atom. The number of carbonyl (C=O) groups is 4. The van der Waals surface area contributed by atoms with Crippen LogP contribution in [-0.2, 0) is 28.7 Å². The predicted octanol–water partition coefficient (Wildman–Crippen LogP) is 20.6. The van der Waals surface area contributed by atoms with Gasteiger partial charge in [0.25, 0.3) is 0 Å². The molecule has 0 spiro atoms. The third-order valence-electron chi connectivity index (χ3n) is 19.3. The number of nitrogens with zero attached hydrogens (tertiary/aromatic N) is 4. The summed E-state index contributed by atoms with van der Waals surface area (Å²) in [5.74, 6) is -3.01. The van der Waals surface area contributed by atoms with Crippen molar-refractivity contribution in [2.45, 2.75) is 137 Å². The van der Waals surface area contributed by atoms with Gasteiger partial charge in [0, 0.05) is 70.4 Å². The van der Waals surface area contributed by atoms with Crippen LogP contribution in [0.15, 0.2) is 243 Å². The second kappa shape index (κ2) is 36.1. The molecule has 4 N–H and O–H groups in total. The van der Waals surface area contributed by atoms with Gasteiger partial charge in [-0.05, 0) is 257 Å². The molecular formula is C85H78BBrF4N4O10S4. The van der Waals surface area contributed by atoms with Crippen LogP contribution in [0.5, 0.6) is 0 Å². The first-order valence-electron chi connectivity index (χ1n) is 35.3. The van der Waals surface area contributed by atoms with Crippen LogP contribution >= 0.6 is 63.0 Å². The summed E-state index contributed by atoms with van der Waals surface area (Å²) < 4.78 is 62.2. The van der Waals surface area contributed by atoms with Crippen LogP contribution < -0.4 is 5.46 Å². The number of esters is 2. The highest BCUT2D eigenvalue weighted by Crippen LogP contribution is 2.54. The van der Waals surface area contributed by atoms with Crippen molar-refractivity contribution in [3.8, 4) is 33.4 Å². The van der Waals surface area contributed by atoms with E-state index in [4.69, 9.17) is 19.5 Å². The first-order chi connectivity index (χ1) is 52.1. The molecule has 4 aromatic heterocycles. The molecule has 4 aliphatic rings. The van der Waals surface area contributed by atoms with Gasteiger partial charge in [0.15, 0.2) is 0 Å². The number of carboxylic acids is 2. The molecule has 560 valence electrons. The van der Waals surface area contributed by atoms with Crippen LogP contribution in [0.2, 0.25) is 0 Å². The fraction of sp³-hybridized carbons (Fsp3) is 0.247. The number of rotatable bonds is 18. The molecular weight excluding hydrogens is 1530 g/mol. The van der Waals surface area contributed by atoms with Crippen molar-refractivity contribution in [3.63, 3.8) is 0 Å². The molecule has 24 heteroatoms. The molecule has 4 aliphatic carbocycles. The van der Waals surface area contributed by atoms with E-state index in [-0.39, 0.29) is 42.3 Å². The summed E-state index contributed by atoms with van der Waals surface area (Å²) in [7, 11) is -1.59. The highest BCUT2D eigenvalue weighted by atomic mass is 79.9. The van der Waals surface area contributed by atoms with Crippen LogP contribution in [0.1, 0.15) is 98.3 Å². The van der Waals surface area contributed by atoms with Crippen LogP contribution in [0, 0.1) is 23.3 Å². The molecule has 0 atom stereocenters. The van der Waals surface area contributed by atoms with E-state index in [0.29, 0.717) is 38.9 Å². The van der Waals surface area contributed by atoms with Crippen molar-refractivity contribution >= 4 is 143 Å². The Hall–Kier alpha value is -9.14. The molecule has 4 fully saturated rings. The number of fused-ring (bicyclic) bond motifs is 4. The highest BCUT2D eigenvalue weighted by Gasteiger charge is 2.49. The number of halogens is 5. The van der Waals surface area contributed by atoms with Gasteiger partial charge in [-0.15, -0.1) is 47.0 Å². The second-order valence-corrected chi connectivity index (χ2v) is 33.0. The zero-order valence-electron chi connectivity index (χ0n) is 58.8. The summed E-state index contributed by atoms with van der Waals surface area (Å²) in [4.78, 5) is 69.7. The average molecular weight is 1610 g/mol. The van der Waals surface area contributed by atoms with Crippen molar-refractivity contribution in [1.82, 2.24) is 19.9 Å². The van der Waals surface area contributed by atoms with E-state index in [1.54, 1.807) is 66.5 Å². The van der Waals surface area contributed by atoms with Crippen molar-refractivity contribution < 1.29 is 66.5 Å². The van der Waals surface area contributed by atoms with Crippen LogP contribution in [0.25, 0.3) is 77.0 Å². The van der Waals surface area contributed by atoms with Gasteiger partial charge in [-0.2, -0.15) is 0 Å². The van der Waals surface area contributed by atoms with Gasteiger partial charge >= 0.3 is 31.0 Å². The first-order valence-corrected chi connectivity index (χ1v) is 39.3. The molecule has 0 bridgehead atoms. The maximum atomic E-state index is 13.6. The summed E-state index contributed by atoms with van der Waals surface area (Å²) in [6, 6.07) is 55.8. The molecule has 8 aromatic carbocycles. The summed E-state index contributed by atoms with van der Waals surface area (Å²) in [6.07, 6.45) is 17.1. The van der Waals surface area contributed by atoms with Gasteiger partial charge in [0.2, 0.25) is 0 Å². The Morgan fingerprint density at radius 3 is 0.945 bits per heavy atom. The molecule has 109 heavy (non-hydrogen) atoms. The highest BCUT2D eigenvalue weighted by molar-refractivity contribution is 9.10. The van der Waals surface area contributed by atoms with E-state index >= 15 is 0 Å². The molecule has 4 saturated carbocycles. The largest absolute Gasteiger partial charge is 0.488 e. The first kappa shape index (κ1) is 80.9. The Labute approximate surface area is 655 Å². The topological polar surface area (TPSA) is 219 Å². The van der Waals surface area contributed by atoms with E-state index < -0.39 is 43.9 Å². The van der Waals surface area contributed by atoms with Gasteiger partial charge in [-0.3, -0.25) is 39.1 Å². The van der Waals surface area contributed by atoms with Gasteiger partial charge in [-0.1, -0.05) is 90.1 Å². The van der Waals surface area contributed by atoms with Gasteiger partial charge in [0.1, 0.15) is 42.3 Å². The number of carboxylic acid groups (broad SMARTS) is 2. The third kappa shape index (κ3) is 19.0. The SMILES string of the molecule is C.CCOC(=O)C1(Sc2ccnc3ccc(-c4cccc(F)c4)cc23)CCC1.CCOC(=O)C1(Sc2ccnc3ccc(Br)cc23)CCC1.O=C(O)C1(Sc2ccnc3ccc(-c4cccc(F)c4)cc23)CCC1.O=C(O)C1(Sc2ccnc3ccc(-c4cccc(F)c4)cc23)CCC1.OB(O)c1cccc(F)c1. The standard InChI is InChI=1S/C22H20FNO2S.2C20H16FNO2S.C16H16BrNO2S.C6H6BFO2.CH4/c1-2-26-21(25)22(10-4-11-22)27-20-9-12-24-19-8-7-16(14-18(19)20)15-5-3-6-17(23)13-15;2*21-15-4-1-3-13(11-15)14-5-6-17-16(12-14)18(7-10-22-17)25-20(19(23)24)8-2-9-20;1-2-20-15(19)16(7-3-8-16)21-14-6-9-18-13-5-4-11(17)10-12(13)14;8-6-3-1-2-5(4-6)7(9)10;/h3,5-9,12-14H,2,4,10-11H2,1H3;2*1,3-7,10-12H,2,8-9H2,(H,23,24);4-6,9-10H,2-3,7-8H2,1H3;1-4,9-10H;1H4. The zero-order valence-corrected chi connectivity index (χ0v) is 63.7. The van der Waals surface area contributed by atoms with Gasteiger partial charge in [0.05, 0.1) is 35.3 Å². The van der Waals surface area contributed by atoms with Crippen molar-refractivity contribution in [3.05, 3.63) is 247 Å². The van der Waals surface area contributed by atoms with E-state index in [0.717, 1.165) is 158 Å². The number of pyridine rings is 4. The Kier molecular flexibility index (Phi) is 26.8. The smallest absolute Gasteiger partial charge is 0.480 e. The second-order valence-electron chi connectivity index (χ2n) is 26.4. The number of hydrogen-bond donors (Lipinski definition) is 4. The summed E-state index contributed by atoms with van der Waals surface area (Å²) >= 11 is 9.52. The minimum Gasteiger partial charge on any atom is -0.480 e. The third-order valence-corrected chi connectivity index (χ3v) is 26.0. The lowest BCUT2D eigenvalue weighted by molar-refractivity contribution is -0.149. The predicted molar refractivity (Wildman–Crippen MR) is 432 cm³/mol. The quantitative estimate of drug-likeness (QED) is 0.0356. The maximum Gasteiger partial charge on any atom is 0.488 e. The Morgan fingerprint density at radius 2 is 0.679 bits per heavy atom. The van der Waals surface area contributed by atoms with Crippen molar-refractivity contribution in [2.75, 3.05) is 13.2 Å². The molecule has 0 saturated heterocycles. The Bertz CT molecular complexity index is 5150. The molecule has 4 heterocycles. The summed E-state index contributed by atoms with van der Waals surface area (Å²) in [5.41, 5.74) is 8.70.